The maximum absolute atomic E-state index is 5.12. The lowest BCUT2D eigenvalue weighted by molar-refractivity contribution is 1.21. The van der Waals surface area contributed by atoms with Crippen LogP contribution < -0.4 is 0 Å². The van der Waals surface area contributed by atoms with E-state index >= 15 is 0 Å². The summed E-state index contributed by atoms with van der Waals surface area (Å²) >= 11 is 0. The van der Waals surface area contributed by atoms with Crippen LogP contribution in [0, 0.1) is 0 Å². The summed E-state index contributed by atoms with van der Waals surface area (Å²) in [6, 6.07) is 22.5. The highest BCUT2D eigenvalue weighted by atomic mass is 15.0. The second kappa shape index (κ2) is 6.10. The molecule has 0 spiro atoms. The van der Waals surface area contributed by atoms with E-state index in [0.29, 0.717) is 0 Å². The Morgan fingerprint density at radius 1 is 0.571 bits per heavy atom. The van der Waals surface area contributed by atoms with Crippen LogP contribution in [0.25, 0.3) is 60.6 Å². The van der Waals surface area contributed by atoms with Gasteiger partial charge in [0.15, 0.2) is 0 Å². The van der Waals surface area contributed by atoms with Crippen LogP contribution in [-0.4, -0.2) is 19.4 Å². The summed E-state index contributed by atoms with van der Waals surface area (Å²) in [6.07, 6.45) is 9.59. The highest BCUT2D eigenvalue weighted by Crippen LogP contribution is 2.46. The summed E-state index contributed by atoms with van der Waals surface area (Å²) in [4.78, 5) is 14.0. The number of pyridine rings is 3. The Labute approximate surface area is 200 Å². The number of nitrogens with zero attached hydrogens (tertiary/aromatic N) is 4. The van der Waals surface area contributed by atoms with Gasteiger partial charge in [-0.25, -0.2) is 4.98 Å². The molecule has 7 aromatic rings. The number of benzene rings is 3. The lowest BCUT2D eigenvalue weighted by atomic mass is 9.98. The molecule has 0 radical (unpaired) electrons. The molecule has 4 heterocycles. The smallest absolute Gasteiger partial charge is 0.147 e. The molecule has 4 aromatic heterocycles. The third-order valence-corrected chi connectivity index (χ3v) is 7.96. The minimum Gasteiger partial charge on any atom is -0.290 e. The standard InChI is InChI=1S/C31H18N4/c1-2-4-21-17(3-1)9-18-10-19-11-20-12-28-29(14-26(20)25(19)13-24(18)21)35-30-16-33-8-6-23(30)22-5-7-32-15-27(22)31(35)34-28/h1-8,10,12-16H,9,11H2. The molecular weight excluding hydrogens is 428 g/mol. The fourth-order valence-corrected chi connectivity index (χ4v) is 6.43. The van der Waals surface area contributed by atoms with E-state index in [4.69, 9.17) is 4.98 Å². The molecule has 162 valence electrons. The highest BCUT2D eigenvalue weighted by Gasteiger charge is 2.26. The molecule has 35 heavy (non-hydrogen) atoms. The topological polar surface area (TPSA) is 43.1 Å². The Hall–Kier alpha value is -4.57. The van der Waals surface area contributed by atoms with Gasteiger partial charge in [0.05, 0.1) is 22.7 Å². The summed E-state index contributed by atoms with van der Waals surface area (Å²) in [5, 5.41) is 3.39. The Bertz CT molecular complexity index is 2070. The SMILES string of the molecule is c1ccc2c(c1)Cc1cc3c(cc1-2)-c1cc2c(cc1C3)nc1c3cnccc3c3ccncc3n21. The second-order valence-electron chi connectivity index (χ2n) is 9.76. The van der Waals surface area contributed by atoms with Crippen molar-refractivity contribution in [2.45, 2.75) is 12.8 Å². The summed E-state index contributed by atoms with van der Waals surface area (Å²) < 4.78 is 2.27. The number of fused-ring (bicyclic) bond motifs is 14. The predicted octanol–water partition coefficient (Wildman–Crippen LogP) is 6.73. The highest BCUT2D eigenvalue weighted by molar-refractivity contribution is 6.13. The van der Waals surface area contributed by atoms with Crippen molar-refractivity contribution in [2.75, 3.05) is 0 Å². The number of hydrogen-bond donors (Lipinski definition) is 0. The van der Waals surface area contributed by atoms with Gasteiger partial charge in [0.2, 0.25) is 0 Å². The first-order chi connectivity index (χ1) is 17.3. The van der Waals surface area contributed by atoms with Crippen molar-refractivity contribution in [1.82, 2.24) is 19.4 Å². The number of aromatic nitrogens is 4. The quantitative estimate of drug-likeness (QED) is 0.243. The molecule has 0 N–H and O–H groups in total. The second-order valence-corrected chi connectivity index (χ2v) is 9.76. The van der Waals surface area contributed by atoms with Crippen LogP contribution in [0.4, 0.5) is 0 Å². The van der Waals surface area contributed by atoms with Gasteiger partial charge in [0.25, 0.3) is 0 Å². The van der Waals surface area contributed by atoms with Crippen molar-refractivity contribution < 1.29 is 0 Å². The summed E-state index contributed by atoms with van der Waals surface area (Å²) in [6.45, 7) is 0. The van der Waals surface area contributed by atoms with Crippen molar-refractivity contribution >= 4 is 38.4 Å². The predicted molar refractivity (Wildman–Crippen MR) is 140 cm³/mol. The van der Waals surface area contributed by atoms with Crippen molar-refractivity contribution in [3.05, 3.63) is 108 Å². The van der Waals surface area contributed by atoms with Crippen LogP contribution >= 0.6 is 0 Å². The average molecular weight is 447 g/mol. The fraction of sp³-hybridized carbons (Fsp3) is 0.0645. The average Bonchev–Trinajstić information content (AvgIpc) is 3.56. The van der Waals surface area contributed by atoms with Crippen LogP contribution in [0.15, 0.2) is 85.5 Å². The van der Waals surface area contributed by atoms with Gasteiger partial charge in [-0.3, -0.25) is 14.4 Å². The Morgan fingerprint density at radius 2 is 1.31 bits per heavy atom. The summed E-state index contributed by atoms with van der Waals surface area (Å²) in [7, 11) is 0. The van der Waals surface area contributed by atoms with Crippen LogP contribution in [0.2, 0.25) is 0 Å². The number of imidazole rings is 1. The maximum Gasteiger partial charge on any atom is 0.147 e. The summed E-state index contributed by atoms with van der Waals surface area (Å²) in [5.41, 5.74) is 15.3. The van der Waals surface area contributed by atoms with Gasteiger partial charge < -0.3 is 0 Å². The minimum absolute atomic E-state index is 0.940. The zero-order valence-electron chi connectivity index (χ0n) is 18.8. The normalized spacial score (nSPS) is 13.5. The van der Waals surface area contributed by atoms with Crippen LogP contribution in [-0.2, 0) is 12.8 Å². The number of rotatable bonds is 0. The Morgan fingerprint density at radius 3 is 2.26 bits per heavy atom. The van der Waals surface area contributed by atoms with Crippen molar-refractivity contribution in [1.29, 1.82) is 0 Å². The largest absolute Gasteiger partial charge is 0.290 e. The van der Waals surface area contributed by atoms with Crippen molar-refractivity contribution in [3.8, 4) is 22.3 Å². The first kappa shape index (κ1) is 17.8. The fourth-order valence-electron chi connectivity index (χ4n) is 6.43. The van der Waals surface area contributed by atoms with Gasteiger partial charge in [-0.1, -0.05) is 30.3 Å². The third-order valence-electron chi connectivity index (χ3n) is 7.96. The van der Waals surface area contributed by atoms with Gasteiger partial charge in [0, 0.05) is 29.4 Å². The van der Waals surface area contributed by atoms with Gasteiger partial charge >= 0.3 is 0 Å². The maximum atomic E-state index is 5.12. The zero-order chi connectivity index (χ0) is 22.7. The molecule has 9 rings (SSSR count). The van der Waals surface area contributed by atoms with Crippen LogP contribution in [0.5, 0.6) is 0 Å². The van der Waals surface area contributed by atoms with E-state index in [-0.39, 0.29) is 0 Å². The molecule has 0 unspecified atom stereocenters. The molecular formula is C31H18N4. The first-order valence-corrected chi connectivity index (χ1v) is 12.0. The van der Waals surface area contributed by atoms with E-state index in [0.717, 1.165) is 45.8 Å². The van der Waals surface area contributed by atoms with Gasteiger partial charge in [-0.2, -0.15) is 0 Å². The number of hydrogen-bond acceptors (Lipinski definition) is 3. The monoisotopic (exact) mass is 446 g/mol. The Balaban J connectivity index is 1.37. The van der Waals surface area contributed by atoms with Gasteiger partial charge in [-0.15, -0.1) is 0 Å². The molecule has 3 aromatic carbocycles. The minimum atomic E-state index is 0.940. The molecule has 0 saturated heterocycles. The van der Waals surface area contributed by atoms with Gasteiger partial charge in [0.1, 0.15) is 5.65 Å². The lowest BCUT2D eigenvalue weighted by Gasteiger charge is -2.09. The molecule has 0 saturated carbocycles. The van der Waals surface area contributed by atoms with E-state index < -0.39 is 0 Å². The molecule has 0 bridgehead atoms. The molecule has 4 nitrogen and oxygen atoms in total. The third kappa shape index (κ3) is 2.20. The van der Waals surface area contributed by atoms with Gasteiger partial charge in [-0.05, 0) is 93.1 Å². The molecule has 0 amide bonds. The zero-order valence-corrected chi connectivity index (χ0v) is 18.8. The molecule has 4 heteroatoms. The van der Waals surface area contributed by atoms with E-state index in [9.17, 15) is 0 Å². The van der Waals surface area contributed by atoms with E-state index in [1.54, 1.807) is 0 Å². The first-order valence-electron chi connectivity index (χ1n) is 12.0. The molecule has 0 aliphatic heterocycles. The van der Waals surface area contributed by atoms with Crippen molar-refractivity contribution in [3.63, 3.8) is 0 Å². The van der Waals surface area contributed by atoms with E-state index in [2.05, 4.69) is 75.0 Å². The molecule has 0 fully saturated rings. The molecule has 2 aliphatic rings. The van der Waals surface area contributed by atoms with Crippen molar-refractivity contribution in [2.24, 2.45) is 0 Å². The molecule has 2 aliphatic carbocycles. The lowest BCUT2D eigenvalue weighted by Crippen LogP contribution is -1.93. The van der Waals surface area contributed by atoms with Crippen LogP contribution in [0.1, 0.15) is 22.3 Å². The van der Waals surface area contributed by atoms with E-state index in [1.807, 2.05) is 24.8 Å². The van der Waals surface area contributed by atoms with E-state index in [1.165, 1.54) is 49.9 Å². The molecule has 0 atom stereocenters. The van der Waals surface area contributed by atoms with Crippen LogP contribution in [0.3, 0.4) is 0 Å². The Kier molecular flexibility index (Phi) is 3.11. The summed E-state index contributed by atoms with van der Waals surface area (Å²) in [5.74, 6) is 0.